The molecule has 0 aliphatic carbocycles. The third-order valence-corrected chi connectivity index (χ3v) is 5.15. The summed E-state index contributed by atoms with van der Waals surface area (Å²) in [7, 11) is 0. The molecule has 2 atom stereocenters. The van der Waals surface area contributed by atoms with Crippen LogP contribution in [-0.4, -0.2) is 36.7 Å². The van der Waals surface area contributed by atoms with Crippen LogP contribution >= 0.6 is 0 Å². The summed E-state index contributed by atoms with van der Waals surface area (Å²) in [6.07, 6.45) is 2.23. The Labute approximate surface area is 128 Å². The number of rotatable bonds is 3. The number of benzene rings is 1. The van der Waals surface area contributed by atoms with Gasteiger partial charge in [0.1, 0.15) is 11.4 Å². The van der Waals surface area contributed by atoms with E-state index >= 15 is 0 Å². The van der Waals surface area contributed by atoms with E-state index < -0.39 is 0 Å². The molecule has 1 spiro atoms. The molecule has 0 aromatic heterocycles. The molecule has 2 heterocycles. The van der Waals surface area contributed by atoms with Crippen LogP contribution in [0.2, 0.25) is 0 Å². The maximum Gasteiger partial charge on any atom is 0.127 e. The van der Waals surface area contributed by atoms with Crippen molar-refractivity contribution in [2.45, 2.75) is 52.2 Å². The number of nitrogens with one attached hydrogen (secondary N) is 1. The van der Waals surface area contributed by atoms with Gasteiger partial charge in [-0.1, -0.05) is 31.5 Å². The van der Waals surface area contributed by atoms with Gasteiger partial charge in [-0.05, 0) is 39.0 Å². The summed E-state index contributed by atoms with van der Waals surface area (Å²) in [5.74, 6) is 1.15. The number of aryl methyl sites for hydroxylation is 2. The van der Waals surface area contributed by atoms with Crippen molar-refractivity contribution < 1.29 is 4.74 Å². The number of hydrogen-bond donors (Lipinski definition) is 1. The first-order chi connectivity index (χ1) is 10.1. The second kappa shape index (κ2) is 5.62. The fourth-order valence-electron chi connectivity index (χ4n) is 4.07. The SMILES string of the molecule is CCN(CC)C1CC2(CCNC2)Oc2c(C)cc(C)cc21. The Kier molecular flexibility index (Phi) is 3.98. The number of ether oxygens (including phenoxy) is 1. The standard InChI is InChI=1S/C18H28N2O/c1-5-20(6-2)16-11-18(7-8-19-12-18)21-17-14(4)9-13(3)10-15(16)17/h9-10,16,19H,5-8,11-12H2,1-4H3. The average molecular weight is 288 g/mol. The van der Waals surface area contributed by atoms with Crippen LogP contribution < -0.4 is 10.1 Å². The maximum absolute atomic E-state index is 6.55. The highest BCUT2D eigenvalue weighted by Crippen LogP contribution is 2.46. The summed E-state index contributed by atoms with van der Waals surface area (Å²) >= 11 is 0. The largest absolute Gasteiger partial charge is 0.485 e. The molecule has 1 N–H and O–H groups in total. The topological polar surface area (TPSA) is 24.5 Å². The lowest BCUT2D eigenvalue weighted by molar-refractivity contribution is 0.0187. The summed E-state index contributed by atoms with van der Waals surface area (Å²) < 4.78 is 6.55. The monoisotopic (exact) mass is 288 g/mol. The van der Waals surface area contributed by atoms with Gasteiger partial charge in [-0.15, -0.1) is 0 Å². The molecule has 1 fully saturated rings. The minimum atomic E-state index is 0.000273. The number of hydrogen-bond acceptors (Lipinski definition) is 3. The molecule has 2 unspecified atom stereocenters. The summed E-state index contributed by atoms with van der Waals surface area (Å²) in [6.45, 7) is 13.2. The molecule has 0 saturated carbocycles. The average Bonchev–Trinajstić information content (AvgIpc) is 2.90. The van der Waals surface area contributed by atoms with E-state index in [-0.39, 0.29) is 5.60 Å². The van der Waals surface area contributed by atoms with Crippen molar-refractivity contribution in [3.05, 3.63) is 28.8 Å². The number of nitrogens with zero attached hydrogens (tertiary/aromatic N) is 1. The van der Waals surface area contributed by atoms with Crippen LogP contribution in [-0.2, 0) is 0 Å². The second-order valence-electron chi connectivity index (χ2n) is 6.65. The molecule has 1 aromatic rings. The van der Waals surface area contributed by atoms with Crippen LogP contribution in [0.1, 0.15) is 49.4 Å². The van der Waals surface area contributed by atoms with Gasteiger partial charge in [0, 0.05) is 31.0 Å². The van der Waals surface area contributed by atoms with E-state index in [2.05, 4.69) is 50.0 Å². The van der Waals surface area contributed by atoms with Gasteiger partial charge < -0.3 is 10.1 Å². The molecule has 2 aliphatic heterocycles. The van der Waals surface area contributed by atoms with Gasteiger partial charge in [0.2, 0.25) is 0 Å². The Bertz CT molecular complexity index is 516. The Morgan fingerprint density at radius 3 is 2.67 bits per heavy atom. The molecule has 1 aromatic carbocycles. The molecule has 3 rings (SSSR count). The highest BCUT2D eigenvalue weighted by molar-refractivity contribution is 5.48. The maximum atomic E-state index is 6.55. The van der Waals surface area contributed by atoms with Gasteiger partial charge in [-0.3, -0.25) is 4.90 Å². The van der Waals surface area contributed by atoms with Crippen LogP contribution in [0.4, 0.5) is 0 Å². The molecular weight excluding hydrogens is 260 g/mol. The molecule has 21 heavy (non-hydrogen) atoms. The van der Waals surface area contributed by atoms with Gasteiger partial charge >= 0.3 is 0 Å². The molecule has 2 aliphatic rings. The minimum Gasteiger partial charge on any atom is -0.485 e. The lowest BCUT2D eigenvalue weighted by Gasteiger charge is -2.44. The van der Waals surface area contributed by atoms with Crippen molar-refractivity contribution in [1.82, 2.24) is 10.2 Å². The molecule has 3 nitrogen and oxygen atoms in total. The molecule has 0 amide bonds. The molecule has 116 valence electrons. The van der Waals surface area contributed by atoms with Gasteiger partial charge in [-0.2, -0.15) is 0 Å². The predicted molar refractivity (Wildman–Crippen MR) is 87.0 cm³/mol. The van der Waals surface area contributed by atoms with E-state index in [0.717, 1.165) is 44.8 Å². The van der Waals surface area contributed by atoms with E-state index in [1.807, 2.05) is 0 Å². The van der Waals surface area contributed by atoms with Crippen LogP contribution in [0.25, 0.3) is 0 Å². The Hall–Kier alpha value is -1.06. The van der Waals surface area contributed by atoms with Crippen LogP contribution in [0.5, 0.6) is 5.75 Å². The Morgan fingerprint density at radius 2 is 2.05 bits per heavy atom. The molecule has 0 radical (unpaired) electrons. The first-order valence-electron chi connectivity index (χ1n) is 8.33. The fourth-order valence-corrected chi connectivity index (χ4v) is 4.07. The summed E-state index contributed by atoms with van der Waals surface area (Å²) in [5.41, 5.74) is 4.02. The van der Waals surface area contributed by atoms with Crippen molar-refractivity contribution in [1.29, 1.82) is 0 Å². The molecule has 3 heteroatoms. The van der Waals surface area contributed by atoms with Gasteiger partial charge in [-0.25, -0.2) is 0 Å². The van der Waals surface area contributed by atoms with Crippen molar-refractivity contribution >= 4 is 0 Å². The van der Waals surface area contributed by atoms with E-state index in [1.165, 1.54) is 16.7 Å². The first kappa shape index (κ1) is 14.9. The zero-order valence-corrected chi connectivity index (χ0v) is 13.8. The lowest BCUT2D eigenvalue weighted by atomic mass is 9.84. The Balaban J connectivity index is 2.07. The highest BCUT2D eigenvalue weighted by Gasteiger charge is 2.44. The van der Waals surface area contributed by atoms with Gasteiger partial charge in [0.05, 0.1) is 0 Å². The Morgan fingerprint density at radius 1 is 1.29 bits per heavy atom. The van der Waals surface area contributed by atoms with E-state index in [4.69, 9.17) is 4.74 Å². The zero-order chi connectivity index (χ0) is 15.0. The van der Waals surface area contributed by atoms with Crippen molar-refractivity contribution in [2.75, 3.05) is 26.2 Å². The molecular formula is C18H28N2O. The quantitative estimate of drug-likeness (QED) is 0.924. The summed E-state index contributed by atoms with van der Waals surface area (Å²) in [5, 5.41) is 3.50. The first-order valence-corrected chi connectivity index (χ1v) is 8.33. The zero-order valence-electron chi connectivity index (χ0n) is 13.8. The predicted octanol–water partition coefficient (Wildman–Crippen LogP) is 3.20. The lowest BCUT2D eigenvalue weighted by Crippen LogP contribution is -2.47. The number of fused-ring (bicyclic) bond motifs is 1. The van der Waals surface area contributed by atoms with Crippen LogP contribution in [0.15, 0.2) is 12.1 Å². The summed E-state index contributed by atoms with van der Waals surface area (Å²) in [4.78, 5) is 2.58. The van der Waals surface area contributed by atoms with Crippen molar-refractivity contribution in [3.63, 3.8) is 0 Å². The van der Waals surface area contributed by atoms with Gasteiger partial charge in [0.25, 0.3) is 0 Å². The summed E-state index contributed by atoms with van der Waals surface area (Å²) in [6, 6.07) is 5.07. The smallest absolute Gasteiger partial charge is 0.127 e. The second-order valence-corrected chi connectivity index (χ2v) is 6.65. The van der Waals surface area contributed by atoms with E-state index in [0.29, 0.717) is 6.04 Å². The highest BCUT2D eigenvalue weighted by atomic mass is 16.5. The third-order valence-electron chi connectivity index (χ3n) is 5.15. The third kappa shape index (κ3) is 2.58. The van der Waals surface area contributed by atoms with Gasteiger partial charge in [0.15, 0.2) is 0 Å². The van der Waals surface area contributed by atoms with Crippen molar-refractivity contribution in [3.8, 4) is 5.75 Å². The minimum absolute atomic E-state index is 0.000273. The van der Waals surface area contributed by atoms with Crippen LogP contribution in [0, 0.1) is 13.8 Å². The fraction of sp³-hybridized carbons (Fsp3) is 0.667. The van der Waals surface area contributed by atoms with E-state index in [1.54, 1.807) is 0 Å². The molecule has 1 saturated heterocycles. The van der Waals surface area contributed by atoms with E-state index in [9.17, 15) is 0 Å². The van der Waals surface area contributed by atoms with Crippen LogP contribution in [0.3, 0.4) is 0 Å². The van der Waals surface area contributed by atoms with Crippen molar-refractivity contribution in [2.24, 2.45) is 0 Å². The molecule has 0 bridgehead atoms. The normalized spacial score (nSPS) is 28.0.